The van der Waals surface area contributed by atoms with Crippen molar-refractivity contribution in [1.82, 2.24) is 4.72 Å². The van der Waals surface area contributed by atoms with Crippen molar-refractivity contribution in [2.75, 3.05) is 6.54 Å². The molecule has 0 bridgehead atoms. The second kappa shape index (κ2) is 7.17. The number of nitrogens with one attached hydrogen (secondary N) is 1. The maximum absolute atomic E-state index is 12.2. The first kappa shape index (κ1) is 16.2. The highest BCUT2D eigenvalue weighted by Gasteiger charge is 2.18. The number of benzene rings is 1. The molecular formula is C15H20N2O2S2. The van der Waals surface area contributed by atoms with Crippen LogP contribution in [0.25, 0.3) is 0 Å². The highest BCUT2D eigenvalue weighted by atomic mass is 32.2. The number of sulfonamides is 1. The van der Waals surface area contributed by atoms with Crippen molar-refractivity contribution >= 4 is 21.4 Å². The molecule has 0 saturated heterocycles. The predicted molar refractivity (Wildman–Crippen MR) is 86.9 cm³/mol. The third-order valence-corrected chi connectivity index (χ3v) is 5.98. The fraction of sp³-hybridized carbons (Fsp3) is 0.333. The van der Waals surface area contributed by atoms with Crippen LogP contribution in [0.3, 0.4) is 0 Å². The molecule has 0 aliphatic rings. The number of thiophene rings is 1. The summed E-state index contributed by atoms with van der Waals surface area (Å²) in [5.74, 6) is 0. The van der Waals surface area contributed by atoms with E-state index in [0.29, 0.717) is 18.0 Å². The largest absolute Gasteiger partial charge is 0.326 e. The molecule has 1 aromatic carbocycles. The molecule has 0 radical (unpaired) electrons. The minimum atomic E-state index is -3.43. The molecule has 0 aliphatic heterocycles. The standard InChI is InChI=1S/C15H20N2O2S2/c1-12-15(10-14(11-16)20-12)21(18,19)17-9-5-8-13-6-3-2-4-7-13/h2-4,6-7,10,17H,5,8-9,11,16H2,1H3. The van der Waals surface area contributed by atoms with Gasteiger partial charge in [-0.1, -0.05) is 30.3 Å². The summed E-state index contributed by atoms with van der Waals surface area (Å²) >= 11 is 1.43. The monoisotopic (exact) mass is 324 g/mol. The van der Waals surface area contributed by atoms with Gasteiger partial charge in [0.25, 0.3) is 0 Å². The van der Waals surface area contributed by atoms with Crippen molar-refractivity contribution in [2.45, 2.75) is 31.2 Å². The van der Waals surface area contributed by atoms with Gasteiger partial charge in [-0.3, -0.25) is 0 Å². The SMILES string of the molecule is Cc1sc(CN)cc1S(=O)(=O)NCCCc1ccccc1. The summed E-state index contributed by atoms with van der Waals surface area (Å²) in [4.78, 5) is 2.02. The first-order chi connectivity index (χ1) is 10.0. The van der Waals surface area contributed by atoms with E-state index in [4.69, 9.17) is 5.73 Å². The Labute approximate surface area is 130 Å². The van der Waals surface area contributed by atoms with Crippen LogP contribution in [0.2, 0.25) is 0 Å². The van der Waals surface area contributed by atoms with Crippen LogP contribution in [0.4, 0.5) is 0 Å². The second-order valence-corrected chi connectivity index (χ2v) is 7.90. The lowest BCUT2D eigenvalue weighted by Crippen LogP contribution is -2.25. The minimum absolute atomic E-state index is 0.354. The van der Waals surface area contributed by atoms with Crippen molar-refractivity contribution in [2.24, 2.45) is 5.73 Å². The van der Waals surface area contributed by atoms with Crippen molar-refractivity contribution < 1.29 is 8.42 Å². The lowest BCUT2D eigenvalue weighted by molar-refractivity contribution is 0.579. The molecular weight excluding hydrogens is 304 g/mol. The van der Waals surface area contributed by atoms with Gasteiger partial charge in [0, 0.05) is 22.8 Å². The molecule has 21 heavy (non-hydrogen) atoms. The Bertz CT molecular complexity index is 679. The maximum atomic E-state index is 12.2. The number of nitrogens with two attached hydrogens (primary N) is 1. The lowest BCUT2D eigenvalue weighted by Gasteiger charge is -2.06. The molecule has 0 atom stereocenters. The Kier molecular flexibility index (Phi) is 5.52. The van der Waals surface area contributed by atoms with Gasteiger partial charge in [0.2, 0.25) is 10.0 Å². The van der Waals surface area contributed by atoms with E-state index in [0.717, 1.165) is 22.6 Å². The van der Waals surface area contributed by atoms with E-state index in [1.807, 2.05) is 37.3 Å². The van der Waals surface area contributed by atoms with E-state index in [2.05, 4.69) is 4.72 Å². The molecule has 0 unspecified atom stereocenters. The highest BCUT2D eigenvalue weighted by Crippen LogP contribution is 2.25. The molecule has 4 nitrogen and oxygen atoms in total. The zero-order valence-corrected chi connectivity index (χ0v) is 13.6. The van der Waals surface area contributed by atoms with E-state index in [9.17, 15) is 8.42 Å². The normalized spacial score (nSPS) is 11.7. The molecule has 0 spiro atoms. The highest BCUT2D eigenvalue weighted by molar-refractivity contribution is 7.89. The van der Waals surface area contributed by atoms with E-state index in [1.165, 1.54) is 16.9 Å². The summed E-state index contributed by atoms with van der Waals surface area (Å²) < 4.78 is 27.2. The van der Waals surface area contributed by atoms with Gasteiger partial charge in [-0.25, -0.2) is 13.1 Å². The van der Waals surface area contributed by atoms with Crippen molar-refractivity contribution in [3.63, 3.8) is 0 Å². The fourth-order valence-corrected chi connectivity index (χ4v) is 4.70. The van der Waals surface area contributed by atoms with Crippen LogP contribution in [-0.4, -0.2) is 15.0 Å². The summed E-state index contributed by atoms with van der Waals surface area (Å²) in [6.07, 6.45) is 1.64. The van der Waals surface area contributed by atoms with Gasteiger partial charge in [0.15, 0.2) is 0 Å². The summed E-state index contributed by atoms with van der Waals surface area (Å²) in [6, 6.07) is 11.7. The van der Waals surface area contributed by atoms with Crippen LogP contribution in [0.5, 0.6) is 0 Å². The second-order valence-electron chi connectivity index (χ2n) is 4.82. The number of aryl methyl sites for hydroxylation is 2. The maximum Gasteiger partial charge on any atom is 0.241 e. The van der Waals surface area contributed by atoms with Gasteiger partial charge in [-0.15, -0.1) is 11.3 Å². The summed E-state index contributed by atoms with van der Waals surface area (Å²) in [6.45, 7) is 2.61. The van der Waals surface area contributed by atoms with Crippen molar-refractivity contribution in [3.05, 3.63) is 51.7 Å². The molecule has 1 aromatic heterocycles. The van der Waals surface area contributed by atoms with Crippen LogP contribution in [-0.2, 0) is 23.0 Å². The number of rotatable bonds is 7. The molecule has 2 rings (SSSR count). The first-order valence-electron chi connectivity index (χ1n) is 6.86. The van der Waals surface area contributed by atoms with E-state index >= 15 is 0 Å². The Hall–Kier alpha value is -1.21. The van der Waals surface area contributed by atoms with Crippen molar-refractivity contribution in [1.29, 1.82) is 0 Å². The van der Waals surface area contributed by atoms with E-state index < -0.39 is 10.0 Å². The Balaban J connectivity index is 1.91. The smallest absolute Gasteiger partial charge is 0.241 e. The molecule has 2 aromatic rings. The number of hydrogen-bond donors (Lipinski definition) is 2. The summed E-state index contributed by atoms with van der Waals surface area (Å²) in [5.41, 5.74) is 6.77. The van der Waals surface area contributed by atoms with Gasteiger partial charge in [-0.2, -0.15) is 0 Å². The van der Waals surface area contributed by atoms with Gasteiger partial charge in [0.05, 0.1) is 4.90 Å². The molecule has 3 N–H and O–H groups in total. The van der Waals surface area contributed by atoms with Crippen LogP contribution in [0, 0.1) is 6.92 Å². The quantitative estimate of drug-likeness (QED) is 0.768. The Morgan fingerprint density at radius 2 is 1.95 bits per heavy atom. The van der Waals surface area contributed by atoms with E-state index in [1.54, 1.807) is 6.07 Å². The van der Waals surface area contributed by atoms with Crippen LogP contribution in [0.15, 0.2) is 41.3 Å². The van der Waals surface area contributed by atoms with Gasteiger partial charge < -0.3 is 5.73 Å². The van der Waals surface area contributed by atoms with Crippen LogP contribution in [0.1, 0.15) is 21.7 Å². The van der Waals surface area contributed by atoms with Crippen molar-refractivity contribution in [3.8, 4) is 0 Å². The predicted octanol–water partition coefficient (Wildman–Crippen LogP) is 2.43. The molecule has 0 fully saturated rings. The molecule has 0 amide bonds. The lowest BCUT2D eigenvalue weighted by atomic mass is 10.1. The molecule has 1 heterocycles. The number of hydrogen-bond acceptors (Lipinski definition) is 4. The minimum Gasteiger partial charge on any atom is -0.326 e. The molecule has 6 heteroatoms. The summed E-state index contributed by atoms with van der Waals surface area (Å²) in [7, 11) is -3.43. The topological polar surface area (TPSA) is 72.2 Å². The van der Waals surface area contributed by atoms with Crippen LogP contribution >= 0.6 is 11.3 Å². The van der Waals surface area contributed by atoms with Gasteiger partial charge >= 0.3 is 0 Å². The van der Waals surface area contributed by atoms with Crippen LogP contribution < -0.4 is 10.5 Å². The Morgan fingerprint density at radius 1 is 1.24 bits per heavy atom. The summed E-state index contributed by atoms with van der Waals surface area (Å²) in [5, 5.41) is 0. The zero-order valence-electron chi connectivity index (χ0n) is 12.0. The molecule has 0 saturated carbocycles. The van der Waals surface area contributed by atoms with E-state index in [-0.39, 0.29) is 0 Å². The fourth-order valence-electron chi connectivity index (χ4n) is 2.11. The molecule has 0 aliphatic carbocycles. The first-order valence-corrected chi connectivity index (χ1v) is 9.16. The average Bonchev–Trinajstić information content (AvgIpc) is 2.87. The Morgan fingerprint density at radius 3 is 2.57 bits per heavy atom. The third-order valence-electron chi connectivity index (χ3n) is 3.19. The molecule has 114 valence electrons. The average molecular weight is 324 g/mol. The zero-order chi connectivity index (χ0) is 15.3. The van der Waals surface area contributed by atoms with Gasteiger partial charge in [0.1, 0.15) is 0 Å². The third kappa shape index (κ3) is 4.38. The van der Waals surface area contributed by atoms with Gasteiger partial charge in [-0.05, 0) is 31.4 Å².